The summed E-state index contributed by atoms with van der Waals surface area (Å²) in [6.45, 7) is -2.88. The first kappa shape index (κ1) is 27.1. The van der Waals surface area contributed by atoms with Crippen molar-refractivity contribution in [3.05, 3.63) is 119 Å². The normalized spacial score (nSPS) is 13.0. The first-order valence-electron chi connectivity index (χ1n) is 12.4. The largest absolute Gasteiger partial charge is 0.618 e. The van der Waals surface area contributed by atoms with Crippen LogP contribution >= 0.6 is 11.6 Å². The fourth-order valence-electron chi connectivity index (χ4n) is 4.74. The first-order chi connectivity index (χ1) is 20.3. The van der Waals surface area contributed by atoms with Gasteiger partial charge in [0.05, 0.1) is 33.7 Å². The molecule has 0 radical (unpaired) electrons. The molecule has 4 aromatic heterocycles. The lowest BCUT2D eigenvalue weighted by atomic mass is 9.97. The number of aromatic nitrogens is 9. The molecule has 11 nitrogen and oxygen atoms in total. The molecule has 1 N–H and O–H groups in total. The first-order valence-corrected chi connectivity index (χ1v) is 12.8. The molecule has 0 spiro atoms. The van der Waals surface area contributed by atoms with E-state index in [2.05, 4.69) is 25.7 Å². The zero-order valence-corrected chi connectivity index (χ0v) is 22.0. The van der Waals surface area contributed by atoms with Gasteiger partial charge in [-0.3, -0.25) is 4.68 Å². The van der Waals surface area contributed by atoms with Gasteiger partial charge in [0.2, 0.25) is 5.69 Å². The van der Waals surface area contributed by atoms with Gasteiger partial charge in [-0.15, -0.1) is 5.10 Å². The predicted octanol–water partition coefficient (Wildman–Crippen LogP) is 4.53. The van der Waals surface area contributed by atoms with Gasteiger partial charge in [0, 0.05) is 24.0 Å². The van der Waals surface area contributed by atoms with Crippen molar-refractivity contribution in [3.8, 4) is 28.1 Å². The molecule has 0 aliphatic rings. The predicted molar refractivity (Wildman–Crippen MR) is 143 cm³/mol. The van der Waals surface area contributed by atoms with Crippen molar-refractivity contribution in [2.24, 2.45) is 0 Å². The number of hydrogen-bond donors (Lipinski definition) is 1. The Labute approximate surface area is 240 Å². The Hall–Kier alpha value is -5.08. The molecular formula is C27H19ClF3N9O2. The minimum absolute atomic E-state index is 0.0206. The van der Waals surface area contributed by atoms with Crippen molar-refractivity contribution in [1.29, 1.82) is 0 Å². The molecule has 0 saturated heterocycles. The Morgan fingerprint density at radius 2 is 1.79 bits per heavy atom. The Balaban J connectivity index is 1.47. The number of pyridine rings is 1. The Morgan fingerprint density at radius 1 is 0.976 bits per heavy atom. The minimum atomic E-state index is -2.88. The molecule has 15 heteroatoms. The minimum Gasteiger partial charge on any atom is -0.618 e. The van der Waals surface area contributed by atoms with Crippen LogP contribution in [0.4, 0.5) is 13.2 Å². The topological polar surface area (TPSA) is 126 Å². The lowest BCUT2D eigenvalue weighted by Crippen LogP contribution is -2.37. The van der Waals surface area contributed by atoms with Crippen LogP contribution in [0.15, 0.2) is 91.8 Å². The van der Waals surface area contributed by atoms with E-state index in [1.165, 1.54) is 64.6 Å². The fraction of sp³-hybridized carbons (Fsp3) is 0.111. The van der Waals surface area contributed by atoms with Gasteiger partial charge in [0.15, 0.2) is 18.1 Å². The van der Waals surface area contributed by atoms with Crippen LogP contribution in [0.1, 0.15) is 30.0 Å². The molecule has 42 heavy (non-hydrogen) atoms. The molecule has 0 aliphatic heterocycles. The Kier molecular flexibility index (Phi) is 7.14. The van der Waals surface area contributed by atoms with Gasteiger partial charge in [-0.1, -0.05) is 41.9 Å². The number of nitrogens with zero attached hydrogens (tertiary/aromatic N) is 9. The van der Waals surface area contributed by atoms with Crippen LogP contribution < -0.4 is 4.73 Å². The van der Waals surface area contributed by atoms with E-state index in [1.54, 1.807) is 30.3 Å². The third-order valence-corrected chi connectivity index (χ3v) is 6.97. The molecule has 0 fully saturated rings. The highest BCUT2D eigenvalue weighted by molar-refractivity contribution is 6.31. The molecule has 0 amide bonds. The third kappa shape index (κ3) is 4.86. The Morgan fingerprint density at radius 3 is 2.50 bits per heavy atom. The lowest BCUT2D eigenvalue weighted by molar-refractivity contribution is -0.616. The number of rotatable bonds is 8. The molecule has 0 aliphatic carbocycles. The highest BCUT2D eigenvalue weighted by Crippen LogP contribution is 2.36. The van der Waals surface area contributed by atoms with Gasteiger partial charge in [-0.2, -0.15) is 28.4 Å². The molecule has 6 rings (SSSR count). The maximum atomic E-state index is 15.3. The van der Waals surface area contributed by atoms with E-state index < -0.39 is 24.5 Å². The van der Waals surface area contributed by atoms with Crippen LogP contribution in [0.5, 0.6) is 0 Å². The van der Waals surface area contributed by atoms with Crippen LogP contribution in [0.2, 0.25) is 5.02 Å². The summed E-state index contributed by atoms with van der Waals surface area (Å²) >= 11 is 6.06. The van der Waals surface area contributed by atoms with Crippen molar-refractivity contribution in [2.75, 3.05) is 0 Å². The number of aliphatic hydroxyl groups is 1. The van der Waals surface area contributed by atoms with Crippen molar-refractivity contribution in [2.45, 2.75) is 18.7 Å². The molecule has 212 valence electrons. The van der Waals surface area contributed by atoms with Crippen molar-refractivity contribution in [3.63, 3.8) is 0 Å². The highest BCUT2D eigenvalue weighted by atomic mass is 35.5. The number of hydrogen-bond acceptors (Lipinski definition) is 7. The van der Waals surface area contributed by atoms with Gasteiger partial charge in [0.25, 0.3) is 0 Å². The van der Waals surface area contributed by atoms with Crippen molar-refractivity contribution in [1.82, 2.24) is 39.8 Å². The van der Waals surface area contributed by atoms with Crippen LogP contribution in [-0.4, -0.2) is 44.9 Å². The molecular weight excluding hydrogens is 575 g/mol. The second kappa shape index (κ2) is 11.1. The SMILES string of the molecule is [O-][n+]1cc(-c2c(-n3cnnn3)ccc(Cl)c2F)ccc1[C@H]([C@H](O)c1ccccc1)n1cc(-c2ccnn2C(F)F)cn1. The molecule has 0 unspecified atom stereocenters. The maximum Gasteiger partial charge on any atom is 0.333 e. The summed E-state index contributed by atoms with van der Waals surface area (Å²) < 4.78 is 45.8. The van der Waals surface area contributed by atoms with E-state index in [4.69, 9.17) is 11.6 Å². The van der Waals surface area contributed by atoms with E-state index in [0.29, 0.717) is 20.5 Å². The van der Waals surface area contributed by atoms with Crippen LogP contribution in [0.3, 0.4) is 0 Å². The zero-order valence-electron chi connectivity index (χ0n) is 21.3. The smallest absolute Gasteiger partial charge is 0.333 e. The molecule has 2 aromatic carbocycles. The zero-order chi connectivity index (χ0) is 29.4. The van der Waals surface area contributed by atoms with Crippen LogP contribution in [0.25, 0.3) is 28.1 Å². The second-order valence-electron chi connectivity index (χ2n) is 9.13. The van der Waals surface area contributed by atoms with Crippen molar-refractivity contribution < 1.29 is 23.0 Å². The van der Waals surface area contributed by atoms with Gasteiger partial charge in [0.1, 0.15) is 12.4 Å². The summed E-state index contributed by atoms with van der Waals surface area (Å²) in [6, 6.07) is 14.6. The van der Waals surface area contributed by atoms with E-state index in [0.717, 1.165) is 6.20 Å². The molecule has 6 aromatic rings. The molecule has 0 saturated carbocycles. The lowest BCUT2D eigenvalue weighted by Gasteiger charge is -2.23. The maximum absolute atomic E-state index is 15.3. The molecule has 0 bridgehead atoms. The van der Waals surface area contributed by atoms with Gasteiger partial charge >= 0.3 is 6.55 Å². The molecule has 2 atom stereocenters. The van der Waals surface area contributed by atoms with E-state index in [9.17, 15) is 19.1 Å². The number of tetrazole rings is 1. The van der Waals surface area contributed by atoms with E-state index in [1.807, 2.05) is 0 Å². The van der Waals surface area contributed by atoms with E-state index in [-0.39, 0.29) is 33.2 Å². The Bertz CT molecular complexity index is 1850. The molecule has 4 heterocycles. The summed E-state index contributed by atoms with van der Waals surface area (Å²) in [6.07, 6.45) is 5.13. The number of alkyl halides is 2. The number of halogens is 4. The van der Waals surface area contributed by atoms with Crippen molar-refractivity contribution >= 4 is 11.6 Å². The monoisotopic (exact) mass is 593 g/mol. The highest BCUT2D eigenvalue weighted by Gasteiger charge is 2.33. The summed E-state index contributed by atoms with van der Waals surface area (Å²) in [5.41, 5.74) is 1.28. The standard InChI is InChI=1S/C27H19ClF3N9O2/c28-19-7-9-21(38-15-32-35-36-38)23(24(19)29)17-6-8-22(39(42)14-17)25(26(41)16-4-2-1-3-5-16)37-13-18(12-34-37)20-10-11-33-40(20)27(30)31/h1-15,25-27,41H/t25-,26-/m1/s1. The number of aliphatic hydroxyl groups excluding tert-OH is 1. The summed E-state index contributed by atoms with van der Waals surface area (Å²) in [5, 5.41) is 43.8. The van der Waals surface area contributed by atoms with Gasteiger partial charge in [-0.05, 0) is 40.3 Å². The summed E-state index contributed by atoms with van der Waals surface area (Å²) in [5.74, 6) is -0.786. The summed E-state index contributed by atoms with van der Waals surface area (Å²) in [7, 11) is 0. The summed E-state index contributed by atoms with van der Waals surface area (Å²) in [4.78, 5) is 0. The van der Waals surface area contributed by atoms with Crippen LogP contribution in [0, 0.1) is 11.0 Å². The van der Waals surface area contributed by atoms with Crippen LogP contribution in [-0.2, 0) is 0 Å². The van der Waals surface area contributed by atoms with Gasteiger partial charge in [-0.25, -0.2) is 9.07 Å². The number of benzene rings is 2. The quantitative estimate of drug-likeness (QED) is 0.203. The second-order valence-corrected chi connectivity index (χ2v) is 9.53. The van der Waals surface area contributed by atoms with E-state index >= 15 is 4.39 Å². The fourth-order valence-corrected chi connectivity index (χ4v) is 4.90. The average Bonchev–Trinajstić information content (AvgIpc) is 3.78. The van der Waals surface area contributed by atoms with Gasteiger partial charge < -0.3 is 10.3 Å². The third-order valence-electron chi connectivity index (χ3n) is 6.68. The average molecular weight is 594 g/mol.